The molecule has 0 radical (unpaired) electrons. The van der Waals surface area contributed by atoms with Crippen LogP contribution in [-0.2, 0) is 36.4 Å². The average Bonchev–Trinajstić information content (AvgIpc) is 2.97. The lowest BCUT2D eigenvalue weighted by molar-refractivity contribution is -0.139. The van der Waals surface area contributed by atoms with Gasteiger partial charge in [-0.2, -0.15) is 13.2 Å². The van der Waals surface area contributed by atoms with Crippen LogP contribution >= 0.6 is 0 Å². The van der Waals surface area contributed by atoms with Gasteiger partial charge in [-0.1, -0.05) is 6.92 Å². The number of nitrogens with zero attached hydrogens (tertiary/aromatic N) is 2. The topological polar surface area (TPSA) is 124 Å². The number of hydrogen-bond acceptors (Lipinski definition) is 8. The molecule has 1 aromatic heterocycles. The summed E-state index contributed by atoms with van der Waals surface area (Å²) in [5.41, 5.74) is -1.92. The molecule has 242 valence electrons. The zero-order valence-electron chi connectivity index (χ0n) is 24.9. The number of halogens is 4. The first kappa shape index (κ1) is 34.7. The number of methoxy groups -OCH3 is 3. The molecule has 3 rings (SSSR count). The lowest BCUT2D eigenvalue weighted by Gasteiger charge is -2.36. The Balaban J connectivity index is 2.12. The fourth-order valence-electron chi connectivity index (χ4n) is 5.15. The smallest absolute Gasteiger partial charge is 0.421 e. The first-order chi connectivity index (χ1) is 20.8. The van der Waals surface area contributed by atoms with Gasteiger partial charge in [0, 0.05) is 44.9 Å². The fourth-order valence-corrected chi connectivity index (χ4v) is 5.15. The molecule has 1 aliphatic rings. The van der Waals surface area contributed by atoms with E-state index in [-0.39, 0.29) is 42.4 Å². The van der Waals surface area contributed by atoms with Crippen molar-refractivity contribution in [1.29, 1.82) is 0 Å². The van der Waals surface area contributed by atoms with Crippen LogP contribution in [0, 0.1) is 17.7 Å². The SMILES string of the molecule is COCC(COC)N(C(=O)C1CCC(C)CC1)c1cc(F)c(Oc2ncc(CCC(=O)O)cc2C(F)(F)F)cc1C(=O)OC. The Morgan fingerprint density at radius 2 is 1.68 bits per heavy atom. The van der Waals surface area contributed by atoms with Gasteiger partial charge in [0.2, 0.25) is 11.8 Å². The Morgan fingerprint density at radius 1 is 1.05 bits per heavy atom. The molecule has 2 aromatic rings. The minimum atomic E-state index is -4.99. The molecule has 1 aliphatic carbocycles. The van der Waals surface area contributed by atoms with Crippen molar-refractivity contribution in [3.63, 3.8) is 0 Å². The summed E-state index contributed by atoms with van der Waals surface area (Å²) in [6.45, 7) is 2.02. The van der Waals surface area contributed by atoms with Crippen LogP contribution in [0.15, 0.2) is 24.4 Å². The number of alkyl halides is 3. The van der Waals surface area contributed by atoms with E-state index in [4.69, 9.17) is 24.1 Å². The summed E-state index contributed by atoms with van der Waals surface area (Å²) in [5.74, 6) is -5.55. The zero-order chi connectivity index (χ0) is 32.6. The second-order valence-electron chi connectivity index (χ2n) is 10.7. The Morgan fingerprint density at radius 3 is 2.23 bits per heavy atom. The van der Waals surface area contributed by atoms with E-state index in [1.54, 1.807) is 0 Å². The third kappa shape index (κ3) is 8.65. The van der Waals surface area contributed by atoms with Crippen LogP contribution in [0.1, 0.15) is 60.5 Å². The number of carboxylic acids is 1. The lowest BCUT2D eigenvalue weighted by Crippen LogP contribution is -2.49. The van der Waals surface area contributed by atoms with Gasteiger partial charge in [-0.15, -0.1) is 0 Å². The molecule has 0 aliphatic heterocycles. The molecule has 44 heavy (non-hydrogen) atoms. The van der Waals surface area contributed by atoms with E-state index < -0.39 is 59.5 Å². The van der Waals surface area contributed by atoms with Crippen molar-refractivity contribution in [1.82, 2.24) is 4.98 Å². The van der Waals surface area contributed by atoms with Crippen molar-refractivity contribution in [2.75, 3.05) is 39.4 Å². The average molecular weight is 629 g/mol. The summed E-state index contributed by atoms with van der Waals surface area (Å²) in [4.78, 5) is 42.7. The van der Waals surface area contributed by atoms with Crippen LogP contribution in [0.3, 0.4) is 0 Å². The first-order valence-corrected chi connectivity index (χ1v) is 14.0. The summed E-state index contributed by atoms with van der Waals surface area (Å²) in [5, 5.41) is 8.86. The number of carbonyl (C=O) groups is 3. The number of aromatic nitrogens is 1. The first-order valence-electron chi connectivity index (χ1n) is 14.0. The minimum Gasteiger partial charge on any atom is -0.481 e. The number of ether oxygens (including phenoxy) is 4. The Kier molecular flexibility index (Phi) is 12.1. The van der Waals surface area contributed by atoms with Gasteiger partial charge in [0.25, 0.3) is 0 Å². The number of anilines is 1. The maximum atomic E-state index is 15.7. The number of esters is 1. The molecule has 0 bridgehead atoms. The van der Waals surface area contributed by atoms with Crippen molar-refractivity contribution in [2.24, 2.45) is 11.8 Å². The number of aliphatic carboxylic acids is 1. The van der Waals surface area contributed by atoms with Gasteiger partial charge in [-0.3, -0.25) is 9.59 Å². The van der Waals surface area contributed by atoms with E-state index in [2.05, 4.69) is 11.9 Å². The van der Waals surface area contributed by atoms with Gasteiger partial charge in [0.15, 0.2) is 11.6 Å². The normalized spacial score (nSPS) is 16.9. The Hall–Kier alpha value is -3.78. The minimum absolute atomic E-state index is 0.0215. The number of benzene rings is 1. The highest BCUT2D eigenvalue weighted by Gasteiger charge is 2.38. The molecule has 1 aromatic carbocycles. The van der Waals surface area contributed by atoms with E-state index in [1.807, 2.05) is 0 Å². The molecule has 0 atom stereocenters. The quantitative estimate of drug-likeness (QED) is 0.221. The molecule has 1 saturated carbocycles. The van der Waals surface area contributed by atoms with E-state index in [9.17, 15) is 27.6 Å². The predicted octanol–water partition coefficient (Wildman–Crippen LogP) is 5.66. The number of pyridine rings is 1. The fraction of sp³-hybridized carbons (Fsp3) is 0.533. The third-order valence-corrected chi connectivity index (χ3v) is 7.45. The van der Waals surface area contributed by atoms with E-state index in [0.717, 1.165) is 38.3 Å². The molecule has 0 unspecified atom stereocenters. The van der Waals surface area contributed by atoms with Crippen LogP contribution in [-0.4, -0.2) is 68.5 Å². The highest BCUT2D eigenvalue weighted by Crippen LogP contribution is 2.40. The monoisotopic (exact) mass is 628 g/mol. The highest BCUT2D eigenvalue weighted by atomic mass is 19.4. The van der Waals surface area contributed by atoms with Crippen LogP contribution in [0.25, 0.3) is 0 Å². The molecule has 0 spiro atoms. The van der Waals surface area contributed by atoms with Crippen molar-refractivity contribution in [3.05, 3.63) is 46.9 Å². The third-order valence-electron chi connectivity index (χ3n) is 7.45. The van der Waals surface area contributed by atoms with Crippen LogP contribution in [0.2, 0.25) is 0 Å². The van der Waals surface area contributed by atoms with Crippen LogP contribution in [0.5, 0.6) is 11.6 Å². The summed E-state index contributed by atoms with van der Waals surface area (Å²) in [6.07, 6.45) is -1.89. The van der Waals surface area contributed by atoms with Crippen LogP contribution in [0.4, 0.5) is 23.2 Å². The van der Waals surface area contributed by atoms with Crippen molar-refractivity contribution in [3.8, 4) is 11.6 Å². The van der Waals surface area contributed by atoms with Gasteiger partial charge >= 0.3 is 18.1 Å². The molecular formula is C30H36F4N2O8. The summed E-state index contributed by atoms with van der Waals surface area (Å²) in [7, 11) is 3.88. The molecule has 1 fully saturated rings. The van der Waals surface area contributed by atoms with Crippen molar-refractivity contribution in [2.45, 2.75) is 57.7 Å². The molecule has 1 heterocycles. The zero-order valence-corrected chi connectivity index (χ0v) is 24.9. The van der Waals surface area contributed by atoms with E-state index in [1.165, 1.54) is 19.1 Å². The van der Waals surface area contributed by atoms with Crippen LogP contribution < -0.4 is 9.64 Å². The number of hydrogen-bond donors (Lipinski definition) is 1. The van der Waals surface area contributed by atoms with Gasteiger partial charge in [0.1, 0.15) is 5.56 Å². The number of carbonyl (C=O) groups excluding carboxylic acids is 2. The molecule has 0 saturated heterocycles. The summed E-state index contributed by atoms with van der Waals surface area (Å²) < 4.78 is 78.2. The molecule has 10 nitrogen and oxygen atoms in total. The van der Waals surface area contributed by atoms with Crippen molar-refractivity contribution >= 4 is 23.5 Å². The number of aryl methyl sites for hydroxylation is 1. The standard InChI is InChI=1S/C30H36F4N2O8/c1-17-5-8-19(9-6-17)28(39)36(20(15-41-2)16-42-3)24-13-23(31)25(12-21(24)29(40)43-4)44-27-22(30(32,33)34)11-18(14-35-27)7-10-26(37)38/h11-14,17,19-20H,5-10,15-16H2,1-4H3,(H,37,38). The second-order valence-corrected chi connectivity index (χ2v) is 10.7. The van der Waals surface area contributed by atoms with Gasteiger partial charge in [0.05, 0.1) is 37.6 Å². The summed E-state index contributed by atoms with van der Waals surface area (Å²) in [6, 6.07) is 1.57. The molecule has 1 amide bonds. The largest absolute Gasteiger partial charge is 0.481 e. The predicted molar refractivity (Wildman–Crippen MR) is 149 cm³/mol. The van der Waals surface area contributed by atoms with E-state index in [0.29, 0.717) is 24.8 Å². The van der Waals surface area contributed by atoms with Gasteiger partial charge in [-0.05, 0) is 49.7 Å². The van der Waals surface area contributed by atoms with Crippen molar-refractivity contribution < 1.29 is 56.0 Å². The molecule has 1 N–H and O–H groups in total. The number of amides is 1. The van der Waals surface area contributed by atoms with Gasteiger partial charge < -0.3 is 29.0 Å². The molecule has 14 heteroatoms. The maximum Gasteiger partial charge on any atom is 0.421 e. The molecular weight excluding hydrogens is 592 g/mol. The second kappa shape index (κ2) is 15.3. The highest BCUT2D eigenvalue weighted by molar-refractivity contribution is 6.04. The number of carboxylic acid groups (broad SMARTS) is 1. The number of rotatable bonds is 13. The van der Waals surface area contributed by atoms with E-state index >= 15 is 4.39 Å². The Labute approximate surface area is 252 Å². The Bertz CT molecular complexity index is 1320. The lowest BCUT2D eigenvalue weighted by atomic mass is 9.82. The van der Waals surface area contributed by atoms with Gasteiger partial charge in [-0.25, -0.2) is 14.2 Å². The maximum absolute atomic E-state index is 15.7. The summed E-state index contributed by atoms with van der Waals surface area (Å²) >= 11 is 0.